The van der Waals surface area contributed by atoms with Crippen molar-refractivity contribution in [3.8, 4) is 28.9 Å². The summed E-state index contributed by atoms with van der Waals surface area (Å²) in [5.74, 6) is -0.557. The van der Waals surface area contributed by atoms with Gasteiger partial charge in [-0.1, -0.05) is 12.6 Å². The lowest BCUT2D eigenvalue weighted by atomic mass is 10.2. The van der Waals surface area contributed by atoms with Gasteiger partial charge in [0, 0.05) is 18.0 Å². The minimum Gasteiger partial charge on any atom is -0.493 e. The fourth-order valence-electron chi connectivity index (χ4n) is 2.96. The van der Waals surface area contributed by atoms with Gasteiger partial charge in [0.25, 0.3) is 0 Å². The van der Waals surface area contributed by atoms with Crippen molar-refractivity contribution in [3.63, 3.8) is 0 Å². The lowest BCUT2D eigenvalue weighted by molar-refractivity contribution is -0.139. The van der Waals surface area contributed by atoms with Crippen LogP contribution in [-0.4, -0.2) is 37.2 Å². The Morgan fingerprint density at radius 1 is 1.06 bits per heavy atom. The fraction of sp³-hybridized carbons (Fsp3) is 0.174. The predicted octanol–water partition coefficient (Wildman–Crippen LogP) is 5.18. The highest BCUT2D eigenvalue weighted by atomic mass is 19.4. The van der Waals surface area contributed by atoms with E-state index in [0.29, 0.717) is 23.3 Å². The van der Waals surface area contributed by atoms with Gasteiger partial charge in [-0.3, -0.25) is 4.79 Å². The van der Waals surface area contributed by atoms with Crippen molar-refractivity contribution in [3.05, 3.63) is 60.8 Å². The highest BCUT2D eigenvalue weighted by molar-refractivity contribution is 5.98. The van der Waals surface area contributed by atoms with Crippen molar-refractivity contribution in [1.82, 2.24) is 9.97 Å². The Balaban J connectivity index is 1.99. The smallest absolute Gasteiger partial charge is 0.423 e. The molecule has 0 aliphatic carbocycles. The number of alkyl halides is 3. The Labute approximate surface area is 198 Å². The predicted molar refractivity (Wildman–Crippen MR) is 122 cm³/mol. The summed E-state index contributed by atoms with van der Waals surface area (Å²) >= 11 is 0. The zero-order chi connectivity index (χ0) is 25.6. The summed E-state index contributed by atoms with van der Waals surface area (Å²) in [5, 5.41) is 5.30. The summed E-state index contributed by atoms with van der Waals surface area (Å²) < 4.78 is 62.2. The molecule has 0 saturated carbocycles. The van der Waals surface area contributed by atoms with E-state index in [1.54, 1.807) is 12.1 Å². The second-order valence-corrected chi connectivity index (χ2v) is 6.74. The third-order valence-electron chi connectivity index (χ3n) is 4.51. The molecular formula is C23H21F3N4O5. The standard InChI is InChI=1S/C23H21F3N4O5/c1-5-18(31)28-13-7-6-8-14(11-13)35-21-15(23(24,25)26)12-27-22(30-21)29-16-9-10-17(32-2)20(34-4)19(16)33-3/h5-12H,1H2,2-4H3,(H,28,31)(H,27,29,30). The summed E-state index contributed by atoms with van der Waals surface area (Å²) in [4.78, 5) is 19.2. The van der Waals surface area contributed by atoms with Crippen LogP contribution in [0, 0.1) is 0 Å². The van der Waals surface area contributed by atoms with Gasteiger partial charge in [0.15, 0.2) is 11.5 Å². The van der Waals surface area contributed by atoms with Crippen molar-refractivity contribution >= 4 is 23.2 Å². The Hall–Kier alpha value is -4.48. The quantitative estimate of drug-likeness (QED) is 0.396. The lowest BCUT2D eigenvalue weighted by Gasteiger charge is -2.17. The molecule has 2 N–H and O–H groups in total. The molecule has 1 heterocycles. The van der Waals surface area contributed by atoms with Gasteiger partial charge in [-0.15, -0.1) is 0 Å². The van der Waals surface area contributed by atoms with E-state index in [9.17, 15) is 18.0 Å². The number of nitrogens with one attached hydrogen (secondary N) is 2. The summed E-state index contributed by atoms with van der Waals surface area (Å²) in [6.07, 6.45) is -3.13. The first-order valence-corrected chi connectivity index (χ1v) is 9.91. The second-order valence-electron chi connectivity index (χ2n) is 6.74. The summed E-state index contributed by atoms with van der Waals surface area (Å²) in [5.41, 5.74) is -0.587. The number of carbonyl (C=O) groups is 1. The van der Waals surface area contributed by atoms with Crippen LogP contribution in [0.25, 0.3) is 0 Å². The van der Waals surface area contributed by atoms with Crippen LogP contribution in [0.3, 0.4) is 0 Å². The topological polar surface area (TPSA) is 104 Å². The summed E-state index contributed by atoms with van der Waals surface area (Å²) in [6, 6.07) is 8.93. The van der Waals surface area contributed by atoms with Crippen LogP contribution in [0.2, 0.25) is 0 Å². The maximum absolute atomic E-state index is 13.6. The molecule has 0 spiro atoms. The number of carbonyl (C=O) groups excluding carboxylic acids is 1. The van der Waals surface area contributed by atoms with E-state index in [-0.39, 0.29) is 23.2 Å². The molecule has 0 aliphatic heterocycles. The number of ether oxygens (including phenoxy) is 4. The van der Waals surface area contributed by atoms with E-state index in [1.165, 1.54) is 45.6 Å². The maximum atomic E-state index is 13.6. The van der Waals surface area contributed by atoms with Gasteiger partial charge in [-0.2, -0.15) is 18.2 Å². The van der Waals surface area contributed by atoms with Gasteiger partial charge in [-0.25, -0.2) is 4.98 Å². The minimum absolute atomic E-state index is 0.00529. The molecular weight excluding hydrogens is 469 g/mol. The van der Waals surface area contributed by atoms with Gasteiger partial charge in [0.05, 0.1) is 27.0 Å². The first-order chi connectivity index (χ1) is 16.7. The zero-order valence-corrected chi connectivity index (χ0v) is 18.9. The third-order valence-corrected chi connectivity index (χ3v) is 4.51. The van der Waals surface area contributed by atoms with E-state index in [0.717, 1.165) is 6.08 Å². The number of amides is 1. The number of anilines is 3. The van der Waals surface area contributed by atoms with Crippen molar-refractivity contribution < 1.29 is 36.9 Å². The Morgan fingerprint density at radius 2 is 1.80 bits per heavy atom. The van der Waals surface area contributed by atoms with E-state index in [4.69, 9.17) is 18.9 Å². The number of aromatic nitrogens is 2. The van der Waals surface area contributed by atoms with Gasteiger partial charge >= 0.3 is 6.18 Å². The molecule has 1 amide bonds. The Bertz CT molecular complexity index is 1230. The minimum atomic E-state index is -4.79. The van der Waals surface area contributed by atoms with E-state index < -0.39 is 23.5 Å². The van der Waals surface area contributed by atoms with Crippen LogP contribution < -0.4 is 29.6 Å². The molecule has 12 heteroatoms. The average molecular weight is 490 g/mol. The van der Waals surface area contributed by atoms with Crippen LogP contribution in [0.15, 0.2) is 55.3 Å². The van der Waals surface area contributed by atoms with Crippen LogP contribution in [0.4, 0.5) is 30.5 Å². The number of nitrogens with zero attached hydrogens (tertiary/aromatic N) is 2. The summed E-state index contributed by atoms with van der Waals surface area (Å²) in [6.45, 7) is 3.35. The van der Waals surface area contributed by atoms with Gasteiger partial charge in [0.2, 0.25) is 23.5 Å². The number of rotatable bonds is 9. The first kappa shape index (κ1) is 25.1. The first-order valence-electron chi connectivity index (χ1n) is 9.91. The van der Waals surface area contributed by atoms with Crippen LogP contribution in [-0.2, 0) is 11.0 Å². The maximum Gasteiger partial charge on any atom is 0.423 e. The summed E-state index contributed by atoms with van der Waals surface area (Å²) in [7, 11) is 4.25. The number of methoxy groups -OCH3 is 3. The third kappa shape index (κ3) is 5.91. The average Bonchev–Trinajstić information content (AvgIpc) is 2.83. The molecule has 0 saturated heterocycles. The molecule has 3 rings (SSSR count). The van der Waals surface area contributed by atoms with E-state index in [1.807, 2.05) is 0 Å². The number of hydrogen-bond acceptors (Lipinski definition) is 8. The molecule has 0 unspecified atom stereocenters. The zero-order valence-electron chi connectivity index (χ0n) is 18.9. The molecule has 2 aromatic carbocycles. The van der Waals surface area contributed by atoms with Gasteiger partial charge in [0.1, 0.15) is 11.3 Å². The van der Waals surface area contributed by atoms with Crippen molar-refractivity contribution in [2.75, 3.05) is 32.0 Å². The normalized spacial score (nSPS) is 10.8. The molecule has 35 heavy (non-hydrogen) atoms. The fourth-order valence-corrected chi connectivity index (χ4v) is 2.96. The van der Waals surface area contributed by atoms with Crippen LogP contribution in [0.5, 0.6) is 28.9 Å². The lowest BCUT2D eigenvalue weighted by Crippen LogP contribution is -2.11. The van der Waals surface area contributed by atoms with Gasteiger partial charge in [-0.05, 0) is 30.3 Å². The highest BCUT2D eigenvalue weighted by Gasteiger charge is 2.36. The van der Waals surface area contributed by atoms with E-state index >= 15 is 0 Å². The number of hydrogen-bond donors (Lipinski definition) is 2. The molecule has 0 radical (unpaired) electrons. The van der Waals surface area contributed by atoms with Crippen LogP contribution in [0.1, 0.15) is 5.56 Å². The van der Waals surface area contributed by atoms with Crippen molar-refractivity contribution in [2.24, 2.45) is 0 Å². The monoisotopic (exact) mass is 490 g/mol. The van der Waals surface area contributed by atoms with Gasteiger partial charge < -0.3 is 29.6 Å². The molecule has 0 bridgehead atoms. The Morgan fingerprint density at radius 3 is 2.43 bits per heavy atom. The molecule has 0 atom stereocenters. The van der Waals surface area contributed by atoms with Crippen molar-refractivity contribution in [2.45, 2.75) is 6.18 Å². The molecule has 1 aromatic heterocycles. The number of halogens is 3. The highest BCUT2D eigenvalue weighted by Crippen LogP contribution is 2.44. The molecule has 184 valence electrons. The van der Waals surface area contributed by atoms with E-state index in [2.05, 4.69) is 27.2 Å². The molecule has 0 fully saturated rings. The van der Waals surface area contributed by atoms with Crippen LogP contribution >= 0.6 is 0 Å². The molecule has 9 nitrogen and oxygen atoms in total. The molecule has 0 aliphatic rings. The largest absolute Gasteiger partial charge is 0.493 e. The molecule has 3 aromatic rings. The number of benzene rings is 2. The second kappa shape index (κ2) is 10.6. The SMILES string of the molecule is C=CC(=O)Nc1cccc(Oc2nc(Nc3ccc(OC)c(OC)c3OC)ncc2C(F)(F)F)c1. The van der Waals surface area contributed by atoms with Crippen molar-refractivity contribution in [1.29, 1.82) is 0 Å². The Kier molecular flexibility index (Phi) is 7.64.